The van der Waals surface area contributed by atoms with Crippen molar-refractivity contribution in [2.75, 3.05) is 6.54 Å². The third-order valence-corrected chi connectivity index (χ3v) is 4.30. The minimum Gasteiger partial charge on any atom is -0.355 e. The van der Waals surface area contributed by atoms with E-state index in [4.69, 9.17) is 5.73 Å². The van der Waals surface area contributed by atoms with Crippen LogP contribution in [0.15, 0.2) is 54.6 Å². The molecule has 0 spiro atoms. The molecule has 0 fully saturated rings. The fourth-order valence-electron chi connectivity index (χ4n) is 2.96. The van der Waals surface area contributed by atoms with Crippen molar-refractivity contribution in [3.63, 3.8) is 0 Å². The molecule has 3 N–H and O–H groups in total. The molecule has 0 amide bonds. The summed E-state index contributed by atoms with van der Waals surface area (Å²) in [7, 11) is 0. The Bertz CT molecular complexity index is 703. The highest BCUT2D eigenvalue weighted by Gasteiger charge is 2.02. The summed E-state index contributed by atoms with van der Waals surface area (Å²) < 4.78 is 0. The van der Waals surface area contributed by atoms with Crippen LogP contribution in [0.3, 0.4) is 0 Å². The van der Waals surface area contributed by atoms with Gasteiger partial charge in [-0.05, 0) is 49.6 Å². The fraction of sp³-hybridized carbons (Fsp3) is 0.364. The smallest absolute Gasteiger partial charge is 0.0464 e. The molecule has 1 unspecified atom stereocenters. The van der Waals surface area contributed by atoms with Crippen molar-refractivity contribution < 1.29 is 0 Å². The Kier molecular flexibility index (Phi) is 7.07. The average Bonchev–Trinajstić information content (AvgIpc) is 3.00. The first-order valence-corrected chi connectivity index (χ1v) is 8.99. The minimum atomic E-state index is 0.838. The van der Waals surface area contributed by atoms with Crippen LogP contribution in [0.5, 0.6) is 0 Å². The van der Waals surface area contributed by atoms with Crippen molar-refractivity contribution in [3.05, 3.63) is 60.2 Å². The molecule has 1 heterocycles. The van der Waals surface area contributed by atoms with E-state index in [2.05, 4.69) is 80.4 Å². The number of fused-ring (bicyclic) bond motifs is 1. The van der Waals surface area contributed by atoms with Gasteiger partial charge in [-0.15, -0.1) is 0 Å². The van der Waals surface area contributed by atoms with Crippen LogP contribution in [0.2, 0.25) is 0 Å². The van der Waals surface area contributed by atoms with E-state index in [1.54, 1.807) is 0 Å². The highest BCUT2D eigenvalue weighted by molar-refractivity contribution is 5.85. The summed E-state index contributed by atoms with van der Waals surface area (Å²) in [6.07, 6.45) is 3.81. The van der Waals surface area contributed by atoms with Crippen LogP contribution in [0.1, 0.15) is 38.7 Å². The summed E-state index contributed by atoms with van der Waals surface area (Å²) in [5, 5.41) is 1.26. The molecule has 0 aliphatic heterocycles. The van der Waals surface area contributed by atoms with Gasteiger partial charge in [-0.1, -0.05) is 68.7 Å². The van der Waals surface area contributed by atoms with Gasteiger partial charge in [0.25, 0.3) is 0 Å². The number of nitrogens with two attached hydrogens (primary N) is 1. The molecule has 1 aromatic heterocycles. The fourth-order valence-corrected chi connectivity index (χ4v) is 2.96. The number of hydrogen-bond acceptors (Lipinski definition) is 1. The predicted octanol–water partition coefficient (Wildman–Crippen LogP) is 5.91. The number of aryl methyl sites for hydroxylation is 1. The van der Waals surface area contributed by atoms with E-state index in [-0.39, 0.29) is 0 Å². The first-order valence-electron chi connectivity index (χ1n) is 8.99. The van der Waals surface area contributed by atoms with E-state index < -0.39 is 0 Å². The Morgan fingerprint density at radius 1 is 1.00 bits per heavy atom. The third kappa shape index (κ3) is 5.24. The minimum absolute atomic E-state index is 0.838. The largest absolute Gasteiger partial charge is 0.355 e. The Hall–Kier alpha value is -2.06. The maximum absolute atomic E-state index is 5.36. The van der Waals surface area contributed by atoms with Crippen LogP contribution in [-0.4, -0.2) is 11.5 Å². The molecule has 128 valence electrons. The second kappa shape index (κ2) is 9.29. The van der Waals surface area contributed by atoms with E-state index in [0.29, 0.717) is 0 Å². The number of H-pyrrole nitrogens is 1. The molecule has 3 aromatic rings. The Morgan fingerprint density at radius 3 is 2.46 bits per heavy atom. The van der Waals surface area contributed by atoms with Gasteiger partial charge in [0, 0.05) is 16.6 Å². The van der Waals surface area contributed by atoms with Gasteiger partial charge in [-0.2, -0.15) is 0 Å². The normalized spacial score (nSPS) is 11.8. The summed E-state index contributed by atoms with van der Waals surface area (Å²) in [4.78, 5) is 3.44. The first kappa shape index (κ1) is 18.3. The van der Waals surface area contributed by atoms with Gasteiger partial charge in [-0.3, -0.25) is 0 Å². The molecule has 0 aliphatic carbocycles. The molecule has 2 aromatic carbocycles. The van der Waals surface area contributed by atoms with Gasteiger partial charge in [0.15, 0.2) is 0 Å². The maximum Gasteiger partial charge on any atom is 0.0464 e. The van der Waals surface area contributed by atoms with Gasteiger partial charge in [0.05, 0.1) is 0 Å². The topological polar surface area (TPSA) is 41.8 Å². The van der Waals surface area contributed by atoms with Crippen molar-refractivity contribution in [3.8, 4) is 11.3 Å². The quantitative estimate of drug-likeness (QED) is 0.602. The zero-order valence-electron chi connectivity index (χ0n) is 15.2. The van der Waals surface area contributed by atoms with Gasteiger partial charge < -0.3 is 10.7 Å². The van der Waals surface area contributed by atoms with Crippen LogP contribution in [-0.2, 0) is 0 Å². The number of nitrogens with one attached hydrogen (secondary N) is 1. The van der Waals surface area contributed by atoms with Gasteiger partial charge in [0.2, 0.25) is 0 Å². The van der Waals surface area contributed by atoms with Crippen molar-refractivity contribution in [1.82, 2.24) is 4.98 Å². The standard InChI is InChI=1S/C15H13N.C7H17N/c1-11-5-4-7-12(9-11)15-10-13-6-2-3-8-14(13)16-15;1-3-4-7(2)5-6-8/h2-10,16H,1H3;7H,3-6,8H2,1-2H3. The lowest BCUT2D eigenvalue weighted by Gasteiger charge is -2.05. The summed E-state index contributed by atoms with van der Waals surface area (Å²) in [6, 6.07) is 19.1. The number of aromatic amines is 1. The Labute approximate surface area is 146 Å². The number of rotatable bonds is 5. The SMILES string of the molecule is CCCC(C)CCN.Cc1cccc(-c2cc3ccccc3[nH]2)c1. The molecule has 0 bridgehead atoms. The Balaban J connectivity index is 0.000000224. The van der Waals surface area contributed by atoms with Crippen LogP contribution in [0, 0.1) is 12.8 Å². The maximum atomic E-state index is 5.36. The van der Waals surface area contributed by atoms with Crippen molar-refractivity contribution in [1.29, 1.82) is 0 Å². The number of benzene rings is 2. The predicted molar refractivity (Wildman–Crippen MR) is 106 cm³/mol. The molecule has 0 aliphatic rings. The number of para-hydroxylation sites is 1. The number of aromatic nitrogens is 1. The van der Waals surface area contributed by atoms with E-state index >= 15 is 0 Å². The van der Waals surface area contributed by atoms with E-state index in [1.807, 2.05) is 0 Å². The van der Waals surface area contributed by atoms with Crippen molar-refractivity contribution in [2.24, 2.45) is 11.7 Å². The lowest BCUT2D eigenvalue weighted by Crippen LogP contribution is -2.04. The van der Waals surface area contributed by atoms with Crippen molar-refractivity contribution >= 4 is 10.9 Å². The summed E-state index contributed by atoms with van der Waals surface area (Å²) in [5.41, 5.74) is 10.3. The molecule has 2 heteroatoms. The lowest BCUT2D eigenvalue weighted by molar-refractivity contribution is 0.493. The molecule has 2 nitrogen and oxygen atoms in total. The molecule has 3 rings (SSSR count). The highest BCUT2D eigenvalue weighted by atomic mass is 14.7. The Morgan fingerprint density at radius 2 is 1.79 bits per heavy atom. The molecule has 24 heavy (non-hydrogen) atoms. The molecule has 0 saturated heterocycles. The highest BCUT2D eigenvalue weighted by Crippen LogP contribution is 2.24. The number of hydrogen-bond donors (Lipinski definition) is 2. The monoisotopic (exact) mass is 322 g/mol. The van der Waals surface area contributed by atoms with Crippen LogP contribution in [0.25, 0.3) is 22.2 Å². The van der Waals surface area contributed by atoms with Gasteiger partial charge >= 0.3 is 0 Å². The summed E-state index contributed by atoms with van der Waals surface area (Å²) in [6.45, 7) is 7.44. The van der Waals surface area contributed by atoms with Gasteiger partial charge in [-0.25, -0.2) is 0 Å². The van der Waals surface area contributed by atoms with E-state index in [0.717, 1.165) is 12.5 Å². The molecule has 1 atom stereocenters. The van der Waals surface area contributed by atoms with Crippen LogP contribution in [0.4, 0.5) is 0 Å². The van der Waals surface area contributed by atoms with Crippen LogP contribution >= 0.6 is 0 Å². The summed E-state index contributed by atoms with van der Waals surface area (Å²) in [5.74, 6) is 0.838. The van der Waals surface area contributed by atoms with Crippen molar-refractivity contribution in [2.45, 2.75) is 40.0 Å². The molecule has 0 saturated carbocycles. The lowest BCUT2D eigenvalue weighted by atomic mass is 10.0. The molecule has 0 radical (unpaired) electrons. The summed E-state index contributed by atoms with van der Waals surface area (Å²) >= 11 is 0. The second-order valence-electron chi connectivity index (χ2n) is 6.61. The molecular weight excluding hydrogens is 292 g/mol. The average molecular weight is 322 g/mol. The second-order valence-corrected chi connectivity index (χ2v) is 6.61. The van der Waals surface area contributed by atoms with E-state index in [9.17, 15) is 0 Å². The van der Waals surface area contributed by atoms with Gasteiger partial charge in [0.1, 0.15) is 0 Å². The molecular formula is C22H30N2. The zero-order chi connectivity index (χ0) is 17.4. The van der Waals surface area contributed by atoms with E-state index in [1.165, 1.54) is 47.0 Å². The zero-order valence-corrected chi connectivity index (χ0v) is 15.2. The third-order valence-electron chi connectivity index (χ3n) is 4.30. The first-order chi connectivity index (χ1) is 11.6. The van der Waals surface area contributed by atoms with Crippen LogP contribution < -0.4 is 5.73 Å².